The van der Waals surface area contributed by atoms with Crippen molar-refractivity contribution in [2.45, 2.75) is 32.7 Å². The van der Waals surface area contributed by atoms with E-state index in [4.69, 9.17) is 4.42 Å². The highest BCUT2D eigenvalue weighted by molar-refractivity contribution is 5.90. The topological polar surface area (TPSA) is 81.1 Å². The van der Waals surface area contributed by atoms with E-state index in [2.05, 4.69) is 10.1 Å². The van der Waals surface area contributed by atoms with Crippen LogP contribution in [-0.2, 0) is 25.8 Å². The molecule has 0 radical (unpaired) electrons. The SMILES string of the molecule is Cc1c(C(=O)O)oc2c1-c1nn(CCc3ccccn3)cc1CC2. The first-order chi connectivity index (χ1) is 11.6. The molecular formula is C18H17N3O3. The minimum atomic E-state index is -1.03. The summed E-state index contributed by atoms with van der Waals surface area (Å²) < 4.78 is 7.45. The number of nitrogens with zero attached hydrogens (tertiary/aromatic N) is 3. The molecule has 1 aliphatic carbocycles. The molecule has 3 aromatic heterocycles. The monoisotopic (exact) mass is 323 g/mol. The van der Waals surface area contributed by atoms with Crippen molar-refractivity contribution in [2.75, 3.05) is 0 Å². The number of hydrogen-bond donors (Lipinski definition) is 1. The van der Waals surface area contributed by atoms with Crippen molar-refractivity contribution in [3.8, 4) is 11.3 Å². The Kier molecular flexibility index (Phi) is 3.45. The van der Waals surface area contributed by atoms with Crippen LogP contribution < -0.4 is 0 Å². The van der Waals surface area contributed by atoms with E-state index in [0.29, 0.717) is 12.0 Å². The Balaban J connectivity index is 1.64. The Morgan fingerprint density at radius 2 is 2.25 bits per heavy atom. The Morgan fingerprint density at radius 1 is 1.38 bits per heavy atom. The van der Waals surface area contributed by atoms with Crippen LogP contribution in [0.25, 0.3) is 11.3 Å². The van der Waals surface area contributed by atoms with E-state index in [0.717, 1.165) is 47.7 Å². The summed E-state index contributed by atoms with van der Waals surface area (Å²) in [5, 5.41) is 13.9. The zero-order chi connectivity index (χ0) is 16.7. The fourth-order valence-electron chi connectivity index (χ4n) is 3.26. The predicted molar refractivity (Wildman–Crippen MR) is 87.0 cm³/mol. The van der Waals surface area contributed by atoms with Gasteiger partial charge in [-0.05, 0) is 31.0 Å². The fourth-order valence-corrected chi connectivity index (χ4v) is 3.26. The molecule has 0 amide bonds. The average molecular weight is 323 g/mol. The van der Waals surface area contributed by atoms with Crippen LogP contribution in [0.2, 0.25) is 0 Å². The van der Waals surface area contributed by atoms with Gasteiger partial charge < -0.3 is 9.52 Å². The maximum atomic E-state index is 11.3. The first kappa shape index (κ1) is 14.7. The molecule has 4 rings (SSSR count). The van der Waals surface area contributed by atoms with Crippen LogP contribution in [0.3, 0.4) is 0 Å². The van der Waals surface area contributed by atoms with E-state index in [1.165, 1.54) is 0 Å². The van der Waals surface area contributed by atoms with Gasteiger partial charge in [0.05, 0.1) is 5.69 Å². The van der Waals surface area contributed by atoms with Gasteiger partial charge >= 0.3 is 5.97 Å². The Labute approximate surface area is 138 Å². The third-order valence-electron chi connectivity index (χ3n) is 4.43. The molecule has 6 nitrogen and oxygen atoms in total. The van der Waals surface area contributed by atoms with Crippen LogP contribution in [-0.4, -0.2) is 25.8 Å². The number of carboxylic acid groups (broad SMARTS) is 1. The summed E-state index contributed by atoms with van der Waals surface area (Å²) >= 11 is 0. The highest BCUT2D eigenvalue weighted by atomic mass is 16.4. The molecular weight excluding hydrogens is 306 g/mol. The van der Waals surface area contributed by atoms with Gasteiger partial charge in [0.1, 0.15) is 5.76 Å². The standard InChI is InChI=1S/C18H17N3O3/c1-11-15-14(24-17(11)18(22)23)6-5-12-10-21(20-16(12)15)9-7-13-4-2-3-8-19-13/h2-4,8,10H,5-7,9H2,1H3,(H,22,23). The van der Waals surface area contributed by atoms with Gasteiger partial charge in [-0.1, -0.05) is 6.07 Å². The molecule has 24 heavy (non-hydrogen) atoms. The number of aromatic carboxylic acids is 1. The summed E-state index contributed by atoms with van der Waals surface area (Å²) in [7, 11) is 0. The number of aromatic nitrogens is 3. The second-order valence-electron chi connectivity index (χ2n) is 6.00. The molecule has 0 aliphatic heterocycles. The predicted octanol–water partition coefficient (Wildman–Crippen LogP) is 2.89. The molecule has 3 heterocycles. The highest BCUT2D eigenvalue weighted by Crippen LogP contribution is 2.38. The van der Waals surface area contributed by atoms with E-state index < -0.39 is 5.97 Å². The van der Waals surface area contributed by atoms with Gasteiger partial charge in [0.15, 0.2) is 0 Å². The van der Waals surface area contributed by atoms with Gasteiger partial charge in [-0.15, -0.1) is 0 Å². The maximum absolute atomic E-state index is 11.3. The summed E-state index contributed by atoms with van der Waals surface area (Å²) in [4.78, 5) is 15.6. The van der Waals surface area contributed by atoms with Crippen molar-refractivity contribution in [3.05, 3.63) is 58.9 Å². The van der Waals surface area contributed by atoms with Crippen molar-refractivity contribution in [1.82, 2.24) is 14.8 Å². The molecule has 0 aromatic carbocycles. The number of hydrogen-bond acceptors (Lipinski definition) is 4. The molecule has 1 aliphatic rings. The Morgan fingerprint density at radius 3 is 3.00 bits per heavy atom. The molecule has 122 valence electrons. The molecule has 1 N–H and O–H groups in total. The summed E-state index contributed by atoms with van der Waals surface area (Å²) in [5.74, 6) is -0.277. The lowest BCUT2D eigenvalue weighted by atomic mass is 9.94. The van der Waals surface area contributed by atoms with Crippen LogP contribution in [0, 0.1) is 6.92 Å². The van der Waals surface area contributed by atoms with Gasteiger partial charge in [0, 0.05) is 48.6 Å². The van der Waals surface area contributed by atoms with Crippen LogP contribution in [0.5, 0.6) is 0 Å². The second-order valence-corrected chi connectivity index (χ2v) is 6.00. The van der Waals surface area contributed by atoms with Crippen LogP contribution in [0.4, 0.5) is 0 Å². The lowest BCUT2D eigenvalue weighted by Gasteiger charge is -2.09. The Bertz CT molecular complexity index is 909. The third-order valence-corrected chi connectivity index (χ3v) is 4.43. The lowest BCUT2D eigenvalue weighted by molar-refractivity contribution is 0.0659. The van der Waals surface area contributed by atoms with Gasteiger partial charge in [0.2, 0.25) is 5.76 Å². The number of fused-ring (bicyclic) bond motifs is 3. The van der Waals surface area contributed by atoms with E-state index in [-0.39, 0.29) is 5.76 Å². The average Bonchev–Trinajstić information content (AvgIpc) is 3.14. The van der Waals surface area contributed by atoms with E-state index in [1.807, 2.05) is 29.1 Å². The number of carboxylic acids is 1. The lowest BCUT2D eigenvalue weighted by Crippen LogP contribution is -2.03. The first-order valence-corrected chi connectivity index (χ1v) is 7.95. The third kappa shape index (κ3) is 2.40. The molecule has 0 spiro atoms. The van der Waals surface area contributed by atoms with Crippen molar-refractivity contribution in [1.29, 1.82) is 0 Å². The number of carbonyl (C=O) groups is 1. The normalized spacial score (nSPS) is 12.7. The quantitative estimate of drug-likeness (QED) is 0.798. The van der Waals surface area contributed by atoms with Crippen molar-refractivity contribution < 1.29 is 14.3 Å². The van der Waals surface area contributed by atoms with Crippen molar-refractivity contribution >= 4 is 5.97 Å². The Hall–Kier alpha value is -2.89. The molecule has 0 bridgehead atoms. The zero-order valence-corrected chi connectivity index (χ0v) is 13.3. The summed E-state index contributed by atoms with van der Waals surface area (Å²) in [6.45, 7) is 2.52. The molecule has 0 unspecified atom stereocenters. The van der Waals surface area contributed by atoms with Gasteiger partial charge in [0.25, 0.3) is 0 Å². The number of aryl methyl sites for hydroxylation is 4. The number of furan rings is 1. The minimum absolute atomic E-state index is 0.0240. The number of pyridine rings is 1. The van der Waals surface area contributed by atoms with Crippen LogP contribution in [0.1, 0.15) is 33.1 Å². The summed E-state index contributed by atoms with van der Waals surface area (Å²) in [6.07, 6.45) is 6.17. The maximum Gasteiger partial charge on any atom is 0.372 e. The second kappa shape index (κ2) is 5.63. The molecule has 0 saturated heterocycles. The summed E-state index contributed by atoms with van der Waals surface area (Å²) in [5.41, 5.74) is 4.54. The van der Waals surface area contributed by atoms with E-state index in [9.17, 15) is 9.90 Å². The highest BCUT2D eigenvalue weighted by Gasteiger charge is 2.29. The smallest absolute Gasteiger partial charge is 0.372 e. The number of rotatable bonds is 4. The zero-order valence-electron chi connectivity index (χ0n) is 13.3. The first-order valence-electron chi connectivity index (χ1n) is 7.95. The largest absolute Gasteiger partial charge is 0.475 e. The molecule has 6 heteroatoms. The van der Waals surface area contributed by atoms with Crippen LogP contribution in [0.15, 0.2) is 35.0 Å². The van der Waals surface area contributed by atoms with Crippen LogP contribution >= 0.6 is 0 Å². The molecule has 0 saturated carbocycles. The minimum Gasteiger partial charge on any atom is -0.475 e. The molecule has 0 atom stereocenters. The summed E-state index contributed by atoms with van der Waals surface area (Å²) in [6, 6.07) is 5.88. The van der Waals surface area contributed by atoms with Gasteiger partial charge in [-0.2, -0.15) is 5.10 Å². The van der Waals surface area contributed by atoms with E-state index >= 15 is 0 Å². The molecule has 3 aromatic rings. The van der Waals surface area contributed by atoms with Gasteiger partial charge in [-0.3, -0.25) is 9.67 Å². The van der Waals surface area contributed by atoms with Crippen molar-refractivity contribution in [2.24, 2.45) is 0 Å². The van der Waals surface area contributed by atoms with Crippen molar-refractivity contribution in [3.63, 3.8) is 0 Å². The van der Waals surface area contributed by atoms with E-state index in [1.54, 1.807) is 13.1 Å². The molecule has 0 fully saturated rings. The van der Waals surface area contributed by atoms with Gasteiger partial charge in [-0.25, -0.2) is 4.79 Å². The fraction of sp³-hybridized carbons (Fsp3) is 0.278.